The number of hydrogen-bond donors (Lipinski definition) is 1. The quantitative estimate of drug-likeness (QED) is 0.932. The van der Waals surface area contributed by atoms with E-state index in [1.807, 2.05) is 6.07 Å². The summed E-state index contributed by atoms with van der Waals surface area (Å²) in [5.41, 5.74) is 0. The van der Waals surface area contributed by atoms with E-state index < -0.39 is 0 Å². The van der Waals surface area contributed by atoms with Gasteiger partial charge >= 0.3 is 0 Å². The van der Waals surface area contributed by atoms with Crippen molar-refractivity contribution in [2.75, 3.05) is 7.11 Å². The molecule has 2 heterocycles. The van der Waals surface area contributed by atoms with Crippen LogP contribution in [-0.2, 0) is 0 Å². The van der Waals surface area contributed by atoms with Crippen LogP contribution in [0.3, 0.4) is 0 Å². The molecular weight excluding hydrogens is 274 g/mol. The molecule has 1 N–H and O–H groups in total. The van der Waals surface area contributed by atoms with E-state index in [0.29, 0.717) is 18.2 Å². The highest BCUT2D eigenvalue weighted by molar-refractivity contribution is 5.85. The molecule has 116 valence electrons. The Balaban J connectivity index is 1.53. The van der Waals surface area contributed by atoms with Gasteiger partial charge in [-0.05, 0) is 60.7 Å². The van der Waals surface area contributed by atoms with Crippen molar-refractivity contribution in [3.05, 3.63) is 36.4 Å². The van der Waals surface area contributed by atoms with Crippen molar-refractivity contribution in [3.8, 4) is 11.5 Å². The predicted octanol–water partition coefficient (Wildman–Crippen LogP) is 3.90. The molecule has 2 bridgehead atoms. The first-order valence-corrected chi connectivity index (χ1v) is 8.31. The fraction of sp³-hybridized carbons (Fsp3) is 0.474. The summed E-state index contributed by atoms with van der Waals surface area (Å²) >= 11 is 0. The van der Waals surface area contributed by atoms with Crippen molar-refractivity contribution >= 4 is 10.8 Å². The lowest BCUT2D eigenvalue weighted by Crippen LogP contribution is -2.51. The van der Waals surface area contributed by atoms with Crippen LogP contribution in [0.1, 0.15) is 32.1 Å². The Labute approximate surface area is 131 Å². The Bertz CT molecular complexity index is 658. The molecule has 0 saturated carbocycles. The lowest BCUT2D eigenvalue weighted by molar-refractivity contribution is 0.0928. The van der Waals surface area contributed by atoms with Gasteiger partial charge in [-0.1, -0.05) is 18.6 Å². The van der Waals surface area contributed by atoms with Crippen LogP contribution in [0.4, 0.5) is 0 Å². The van der Waals surface area contributed by atoms with Gasteiger partial charge in [-0.2, -0.15) is 0 Å². The number of methoxy groups -OCH3 is 1. The van der Waals surface area contributed by atoms with Crippen LogP contribution in [0.5, 0.6) is 11.5 Å². The minimum absolute atomic E-state index is 0.347. The topological polar surface area (TPSA) is 30.5 Å². The van der Waals surface area contributed by atoms with Gasteiger partial charge in [-0.3, -0.25) is 0 Å². The molecule has 0 spiro atoms. The largest absolute Gasteiger partial charge is 0.497 e. The number of benzene rings is 2. The van der Waals surface area contributed by atoms with Crippen LogP contribution >= 0.6 is 0 Å². The zero-order chi connectivity index (χ0) is 14.9. The highest BCUT2D eigenvalue weighted by Gasteiger charge is 2.32. The SMILES string of the molecule is COc1ccc2ccc(OC3CC4CCCC(C3)N4)cc2c1. The molecule has 4 rings (SSSR count). The fourth-order valence-corrected chi connectivity index (χ4v) is 3.91. The third-order valence-corrected chi connectivity index (χ3v) is 4.99. The zero-order valence-corrected chi connectivity index (χ0v) is 13.0. The van der Waals surface area contributed by atoms with E-state index in [0.717, 1.165) is 24.3 Å². The molecule has 22 heavy (non-hydrogen) atoms. The number of hydrogen-bond acceptors (Lipinski definition) is 3. The zero-order valence-electron chi connectivity index (χ0n) is 13.0. The Kier molecular flexibility index (Phi) is 3.67. The third-order valence-electron chi connectivity index (χ3n) is 4.99. The van der Waals surface area contributed by atoms with Gasteiger partial charge in [0, 0.05) is 12.1 Å². The van der Waals surface area contributed by atoms with Crippen molar-refractivity contribution in [3.63, 3.8) is 0 Å². The summed E-state index contributed by atoms with van der Waals surface area (Å²) in [6.07, 6.45) is 6.57. The van der Waals surface area contributed by atoms with Crippen LogP contribution in [0, 0.1) is 0 Å². The summed E-state index contributed by atoms with van der Waals surface area (Å²) in [7, 11) is 1.70. The monoisotopic (exact) mass is 297 g/mol. The summed E-state index contributed by atoms with van der Waals surface area (Å²) in [5, 5.41) is 6.11. The highest BCUT2D eigenvalue weighted by Crippen LogP contribution is 2.30. The van der Waals surface area contributed by atoms with Crippen molar-refractivity contribution in [1.29, 1.82) is 0 Å². The number of fused-ring (bicyclic) bond motifs is 3. The fourth-order valence-electron chi connectivity index (χ4n) is 3.91. The van der Waals surface area contributed by atoms with Crippen molar-refractivity contribution in [1.82, 2.24) is 5.32 Å². The van der Waals surface area contributed by atoms with Gasteiger partial charge in [0.15, 0.2) is 0 Å². The maximum absolute atomic E-state index is 6.29. The summed E-state index contributed by atoms with van der Waals surface area (Å²) in [5.74, 6) is 1.87. The number of nitrogens with one attached hydrogen (secondary N) is 1. The molecule has 0 aromatic heterocycles. The van der Waals surface area contributed by atoms with E-state index in [-0.39, 0.29) is 0 Å². The first-order chi connectivity index (χ1) is 10.8. The second-order valence-electron chi connectivity index (χ2n) is 6.58. The number of ether oxygens (including phenoxy) is 2. The second kappa shape index (κ2) is 5.81. The van der Waals surface area contributed by atoms with Gasteiger partial charge < -0.3 is 14.8 Å². The van der Waals surface area contributed by atoms with Gasteiger partial charge in [-0.15, -0.1) is 0 Å². The Morgan fingerprint density at radius 3 is 2.32 bits per heavy atom. The Hall–Kier alpha value is -1.74. The molecule has 2 unspecified atom stereocenters. The molecule has 2 fully saturated rings. The van der Waals surface area contributed by atoms with Crippen molar-refractivity contribution in [2.24, 2.45) is 0 Å². The summed E-state index contributed by atoms with van der Waals surface area (Å²) in [6.45, 7) is 0. The van der Waals surface area contributed by atoms with Gasteiger partial charge in [0.1, 0.15) is 17.6 Å². The summed E-state index contributed by atoms with van der Waals surface area (Å²) in [4.78, 5) is 0. The molecule has 2 aromatic rings. The van der Waals surface area contributed by atoms with E-state index in [9.17, 15) is 0 Å². The van der Waals surface area contributed by atoms with Gasteiger partial charge in [0.05, 0.1) is 7.11 Å². The molecule has 3 heteroatoms. The minimum atomic E-state index is 0.347. The summed E-state index contributed by atoms with van der Waals surface area (Å²) < 4.78 is 11.6. The van der Waals surface area contributed by atoms with E-state index >= 15 is 0 Å². The smallest absolute Gasteiger partial charge is 0.120 e. The summed E-state index contributed by atoms with van der Waals surface area (Å²) in [6, 6.07) is 13.8. The molecular formula is C19H23NO2. The molecule has 2 aliphatic heterocycles. The van der Waals surface area contributed by atoms with Crippen LogP contribution in [-0.4, -0.2) is 25.3 Å². The van der Waals surface area contributed by atoms with Crippen LogP contribution in [0.2, 0.25) is 0 Å². The molecule has 2 aliphatic rings. The lowest BCUT2D eigenvalue weighted by atomic mass is 9.85. The van der Waals surface area contributed by atoms with E-state index in [1.165, 1.54) is 30.0 Å². The first-order valence-electron chi connectivity index (χ1n) is 8.31. The number of rotatable bonds is 3. The Morgan fingerprint density at radius 1 is 0.909 bits per heavy atom. The molecule has 0 aliphatic carbocycles. The number of piperidine rings is 2. The second-order valence-corrected chi connectivity index (χ2v) is 6.58. The normalized spacial score (nSPS) is 27.6. The molecule has 3 nitrogen and oxygen atoms in total. The van der Waals surface area contributed by atoms with Crippen LogP contribution in [0.15, 0.2) is 36.4 Å². The van der Waals surface area contributed by atoms with E-state index in [4.69, 9.17) is 9.47 Å². The average molecular weight is 297 g/mol. The Morgan fingerprint density at radius 2 is 1.59 bits per heavy atom. The maximum Gasteiger partial charge on any atom is 0.120 e. The first kappa shape index (κ1) is 13.9. The predicted molar refractivity (Wildman–Crippen MR) is 88.7 cm³/mol. The molecule has 0 radical (unpaired) electrons. The lowest BCUT2D eigenvalue weighted by Gasteiger charge is -2.40. The molecule has 2 atom stereocenters. The van der Waals surface area contributed by atoms with Crippen LogP contribution in [0.25, 0.3) is 10.8 Å². The molecule has 2 saturated heterocycles. The van der Waals surface area contributed by atoms with Gasteiger partial charge in [0.25, 0.3) is 0 Å². The van der Waals surface area contributed by atoms with Crippen molar-refractivity contribution in [2.45, 2.75) is 50.3 Å². The standard InChI is InChI=1S/C19H23NO2/c1-21-17-7-5-13-6-8-18(10-14(13)9-17)22-19-11-15-3-2-4-16(12-19)20-15/h5-10,15-16,19-20H,2-4,11-12H2,1H3. The van der Waals surface area contributed by atoms with Gasteiger partial charge in [-0.25, -0.2) is 0 Å². The van der Waals surface area contributed by atoms with Crippen LogP contribution < -0.4 is 14.8 Å². The van der Waals surface area contributed by atoms with Crippen molar-refractivity contribution < 1.29 is 9.47 Å². The minimum Gasteiger partial charge on any atom is -0.497 e. The van der Waals surface area contributed by atoms with E-state index in [2.05, 4.69) is 35.6 Å². The third kappa shape index (κ3) is 2.78. The van der Waals surface area contributed by atoms with E-state index in [1.54, 1.807) is 7.11 Å². The van der Waals surface area contributed by atoms with Gasteiger partial charge in [0.2, 0.25) is 0 Å². The molecule has 2 aromatic carbocycles. The maximum atomic E-state index is 6.29. The average Bonchev–Trinajstić information content (AvgIpc) is 2.54. The molecule has 0 amide bonds. The highest BCUT2D eigenvalue weighted by atomic mass is 16.5.